The number of rotatable bonds is 11. The summed E-state index contributed by atoms with van der Waals surface area (Å²) in [5.74, 6) is 0.571. The van der Waals surface area contributed by atoms with Crippen LogP contribution in [0.5, 0.6) is 17.2 Å². The molecule has 0 radical (unpaired) electrons. The minimum absolute atomic E-state index is 0.154. The molecule has 224 valence electrons. The van der Waals surface area contributed by atoms with Crippen LogP contribution < -0.4 is 9.47 Å². The lowest BCUT2D eigenvalue weighted by molar-refractivity contribution is -0.146. The Morgan fingerprint density at radius 1 is 1.05 bits per heavy atom. The van der Waals surface area contributed by atoms with Gasteiger partial charge in [-0.2, -0.15) is 0 Å². The van der Waals surface area contributed by atoms with Crippen molar-refractivity contribution in [1.82, 2.24) is 9.80 Å². The number of aliphatic carboxylic acids is 1. The van der Waals surface area contributed by atoms with Crippen LogP contribution in [0.25, 0.3) is 20.5 Å². The molecule has 2 aliphatic heterocycles. The number of thiophene rings is 1. The first kappa shape index (κ1) is 29.0. The SMILES string of the molecule is COc1cc(Cc2c(-c3ccc(OCCN4CCCC4)cc3)sc3cc(O)ccc23)ccc1CN1C(=O)CC[C@H]1C(=O)O. The Balaban J connectivity index is 1.25. The average molecular weight is 601 g/mol. The van der Waals surface area contributed by atoms with E-state index in [1.54, 1.807) is 30.6 Å². The molecule has 2 aliphatic rings. The maximum absolute atomic E-state index is 12.4. The van der Waals surface area contributed by atoms with Crippen LogP contribution in [0.2, 0.25) is 0 Å². The van der Waals surface area contributed by atoms with Gasteiger partial charge in [0, 0.05) is 28.1 Å². The largest absolute Gasteiger partial charge is 0.508 e. The number of phenolic OH excluding ortho intramolecular Hbond substituents is 1. The second kappa shape index (κ2) is 12.7. The first-order valence-electron chi connectivity index (χ1n) is 14.8. The van der Waals surface area contributed by atoms with E-state index in [2.05, 4.69) is 17.0 Å². The monoisotopic (exact) mass is 600 g/mol. The fraction of sp³-hybridized carbons (Fsp3) is 0.353. The molecule has 1 atom stereocenters. The molecule has 3 heterocycles. The molecular weight excluding hydrogens is 564 g/mol. The van der Waals surface area contributed by atoms with Crippen LogP contribution in [0, 0.1) is 0 Å². The van der Waals surface area contributed by atoms with E-state index in [1.807, 2.05) is 36.4 Å². The predicted molar refractivity (Wildman–Crippen MR) is 167 cm³/mol. The van der Waals surface area contributed by atoms with E-state index in [4.69, 9.17) is 9.47 Å². The standard InChI is InChI=1S/C34H36N2O6S/c1-41-30-19-22(4-5-24(30)21-36-29(34(39)40)12-13-32(36)38)18-28-27-11-8-25(37)20-31(27)43-33(28)23-6-9-26(10-7-23)42-17-16-35-14-2-3-15-35/h4-11,19-20,29,37H,2-3,12-18,21H2,1H3,(H,39,40)/t29-/m0/s1. The number of ether oxygens (including phenoxy) is 2. The minimum atomic E-state index is -0.981. The summed E-state index contributed by atoms with van der Waals surface area (Å²) < 4.78 is 12.7. The number of methoxy groups -OCH3 is 1. The van der Waals surface area contributed by atoms with Crippen molar-refractivity contribution in [3.05, 3.63) is 77.4 Å². The van der Waals surface area contributed by atoms with Crippen molar-refractivity contribution in [2.45, 2.75) is 44.7 Å². The Labute approximate surface area is 255 Å². The summed E-state index contributed by atoms with van der Waals surface area (Å²) in [4.78, 5) is 29.1. The van der Waals surface area contributed by atoms with Crippen molar-refractivity contribution >= 4 is 33.3 Å². The number of fused-ring (bicyclic) bond motifs is 1. The highest BCUT2D eigenvalue weighted by atomic mass is 32.1. The minimum Gasteiger partial charge on any atom is -0.508 e. The highest BCUT2D eigenvalue weighted by Crippen LogP contribution is 2.42. The topological polar surface area (TPSA) is 99.5 Å². The first-order chi connectivity index (χ1) is 20.9. The number of amides is 1. The van der Waals surface area contributed by atoms with Crippen molar-refractivity contribution in [3.63, 3.8) is 0 Å². The molecule has 43 heavy (non-hydrogen) atoms. The zero-order valence-corrected chi connectivity index (χ0v) is 25.1. The zero-order chi connectivity index (χ0) is 29.9. The van der Waals surface area contributed by atoms with Gasteiger partial charge in [0.1, 0.15) is 29.9 Å². The zero-order valence-electron chi connectivity index (χ0n) is 24.3. The van der Waals surface area contributed by atoms with Gasteiger partial charge < -0.3 is 24.6 Å². The fourth-order valence-corrected chi connectivity index (χ4v) is 7.41. The lowest BCUT2D eigenvalue weighted by Crippen LogP contribution is -2.38. The van der Waals surface area contributed by atoms with E-state index in [1.165, 1.54) is 17.7 Å². The molecule has 6 rings (SSSR count). The Morgan fingerprint density at radius 3 is 2.58 bits per heavy atom. The van der Waals surface area contributed by atoms with Crippen LogP contribution in [0.1, 0.15) is 42.4 Å². The molecule has 2 N–H and O–H groups in total. The van der Waals surface area contributed by atoms with E-state index < -0.39 is 12.0 Å². The molecule has 0 aliphatic carbocycles. The molecule has 8 nitrogen and oxygen atoms in total. The molecular formula is C34H36N2O6S. The number of nitrogens with zero attached hydrogens (tertiary/aromatic N) is 2. The Kier molecular flexibility index (Phi) is 8.54. The van der Waals surface area contributed by atoms with Crippen LogP contribution in [-0.2, 0) is 22.6 Å². The van der Waals surface area contributed by atoms with Gasteiger partial charge in [-0.25, -0.2) is 4.79 Å². The normalized spacial score (nSPS) is 17.2. The summed E-state index contributed by atoms with van der Waals surface area (Å²) in [6.07, 6.45) is 3.74. The van der Waals surface area contributed by atoms with Crippen molar-refractivity contribution in [2.75, 3.05) is 33.4 Å². The number of benzene rings is 3. The summed E-state index contributed by atoms with van der Waals surface area (Å²) in [6, 6.07) is 18.8. The summed E-state index contributed by atoms with van der Waals surface area (Å²) in [5.41, 5.74) is 4.03. The molecule has 0 saturated carbocycles. The molecule has 0 unspecified atom stereocenters. The lowest BCUT2D eigenvalue weighted by Gasteiger charge is -2.23. The van der Waals surface area contributed by atoms with E-state index in [-0.39, 0.29) is 24.6 Å². The third kappa shape index (κ3) is 6.33. The quantitative estimate of drug-likeness (QED) is 0.220. The smallest absolute Gasteiger partial charge is 0.326 e. The summed E-state index contributed by atoms with van der Waals surface area (Å²) in [7, 11) is 1.59. The van der Waals surface area contributed by atoms with Gasteiger partial charge in [-0.15, -0.1) is 11.3 Å². The number of carboxylic acid groups (broad SMARTS) is 1. The van der Waals surface area contributed by atoms with Crippen molar-refractivity contribution in [2.24, 2.45) is 0 Å². The van der Waals surface area contributed by atoms with Gasteiger partial charge in [0.05, 0.1) is 13.7 Å². The van der Waals surface area contributed by atoms with Crippen LogP contribution in [-0.4, -0.2) is 71.3 Å². The number of likely N-dealkylation sites (tertiary alicyclic amines) is 2. The molecule has 3 aromatic carbocycles. The Bertz CT molecular complexity index is 1630. The van der Waals surface area contributed by atoms with E-state index in [0.29, 0.717) is 25.2 Å². The molecule has 2 saturated heterocycles. The molecule has 1 amide bonds. The van der Waals surface area contributed by atoms with Gasteiger partial charge in [0.25, 0.3) is 0 Å². The van der Waals surface area contributed by atoms with Gasteiger partial charge in [0.2, 0.25) is 5.91 Å². The van der Waals surface area contributed by atoms with Crippen molar-refractivity contribution in [3.8, 4) is 27.7 Å². The highest BCUT2D eigenvalue weighted by Gasteiger charge is 2.36. The number of carbonyl (C=O) groups is 2. The number of phenols is 1. The van der Waals surface area contributed by atoms with E-state index in [0.717, 1.165) is 62.6 Å². The Hall–Kier alpha value is -4.08. The molecule has 0 bridgehead atoms. The van der Waals surface area contributed by atoms with Gasteiger partial charge >= 0.3 is 5.97 Å². The molecule has 2 fully saturated rings. The maximum Gasteiger partial charge on any atom is 0.326 e. The number of hydrogen-bond acceptors (Lipinski definition) is 7. The molecule has 0 spiro atoms. The number of carboxylic acids is 1. The van der Waals surface area contributed by atoms with Crippen LogP contribution >= 0.6 is 11.3 Å². The van der Waals surface area contributed by atoms with Crippen LogP contribution in [0.15, 0.2) is 60.7 Å². The van der Waals surface area contributed by atoms with E-state index in [9.17, 15) is 19.8 Å². The molecule has 4 aromatic rings. The second-order valence-electron chi connectivity index (χ2n) is 11.2. The van der Waals surface area contributed by atoms with Gasteiger partial charge in [-0.1, -0.05) is 12.1 Å². The Morgan fingerprint density at radius 2 is 1.84 bits per heavy atom. The number of carbonyl (C=O) groups excluding carboxylic acids is 1. The first-order valence-corrected chi connectivity index (χ1v) is 15.6. The van der Waals surface area contributed by atoms with Gasteiger partial charge in [-0.05, 0) is 109 Å². The highest BCUT2D eigenvalue weighted by molar-refractivity contribution is 7.22. The van der Waals surface area contributed by atoms with Crippen molar-refractivity contribution in [1.29, 1.82) is 0 Å². The number of hydrogen-bond donors (Lipinski definition) is 2. The van der Waals surface area contributed by atoms with E-state index >= 15 is 0 Å². The van der Waals surface area contributed by atoms with Gasteiger partial charge in [0.15, 0.2) is 0 Å². The fourth-order valence-electron chi connectivity index (χ4n) is 6.15. The van der Waals surface area contributed by atoms with Crippen molar-refractivity contribution < 1.29 is 29.3 Å². The van der Waals surface area contributed by atoms with Crippen LogP contribution in [0.4, 0.5) is 0 Å². The maximum atomic E-state index is 12.4. The third-order valence-corrected chi connectivity index (χ3v) is 9.70. The lowest BCUT2D eigenvalue weighted by atomic mass is 9.97. The molecule has 1 aromatic heterocycles. The second-order valence-corrected chi connectivity index (χ2v) is 12.3. The molecule has 9 heteroatoms. The van der Waals surface area contributed by atoms with Gasteiger partial charge in [-0.3, -0.25) is 9.69 Å². The summed E-state index contributed by atoms with van der Waals surface area (Å²) >= 11 is 1.65. The summed E-state index contributed by atoms with van der Waals surface area (Å²) in [5, 5.41) is 20.8. The third-order valence-electron chi connectivity index (χ3n) is 8.45. The predicted octanol–water partition coefficient (Wildman–Crippen LogP) is 5.92. The average Bonchev–Trinajstić information content (AvgIpc) is 3.74. The number of aromatic hydroxyl groups is 1. The van der Waals surface area contributed by atoms with Crippen LogP contribution in [0.3, 0.4) is 0 Å². The summed E-state index contributed by atoms with van der Waals surface area (Å²) in [6.45, 7) is 4.13.